The third-order valence-electron chi connectivity index (χ3n) is 9.25. The van der Waals surface area contributed by atoms with E-state index in [1.54, 1.807) is 24.3 Å². The number of carbonyl (C=O) groups excluding carboxylic acids is 2. The minimum Gasteiger partial charge on any atom is -0.508 e. The molecule has 7 N–H and O–H groups in total. The van der Waals surface area contributed by atoms with E-state index in [-0.39, 0.29) is 43.9 Å². The Bertz CT molecular complexity index is 2820. The molecular weight excluding hydrogens is 908 g/mol. The van der Waals surface area contributed by atoms with Crippen LogP contribution in [-0.4, -0.2) is 118 Å². The summed E-state index contributed by atoms with van der Waals surface area (Å²) in [5.41, 5.74) is 4.41. The van der Waals surface area contributed by atoms with Gasteiger partial charge >= 0.3 is 0 Å². The molecule has 0 saturated heterocycles. The summed E-state index contributed by atoms with van der Waals surface area (Å²) in [6.07, 6.45) is 5.78. The third-order valence-corrected chi connectivity index (χ3v) is 12.5. The molecule has 22 heteroatoms. The third kappa shape index (κ3) is 15.0. The van der Waals surface area contributed by atoms with Crippen LogP contribution in [-0.2, 0) is 20.0 Å². The number of nitrogens with one attached hydrogen (secondary N) is 6. The Morgan fingerprint density at radius 2 is 1.08 bits per heavy atom. The number of aromatic hydroxyl groups is 1. The van der Waals surface area contributed by atoms with Crippen LogP contribution in [0.3, 0.4) is 0 Å². The highest BCUT2D eigenvalue weighted by molar-refractivity contribution is 7.89. The minimum atomic E-state index is -3.63. The highest BCUT2D eigenvalue weighted by Crippen LogP contribution is 2.24. The van der Waals surface area contributed by atoms with Crippen molar-refractivity contribution in [3.05, 3.63) is 137 Å². The molecule has 19 nitrogen and oxygen atoms in total. The Hall–Kier alpha value is -6.59. The van der Waals surface area contributed by atoms with E-state index < -0.39 is 26.0 Å². The molecule has 0 bridgehead atoms. The number of phenolic OH excluding ortho intramolecular Hbond substituents is 1. The number of carbonyl (C=O) groups is 2. The maximum atomic E-state index is 12.6. The molecule has 2 heterocycles. The van der Waals surface area contributed by atoms with Gasteiger partial charge in [0.05, 0.1) is 56.5 Å². The van der Waals surface area contributed by atoms with E-state index in [2.05, 4.69) is 50.6 Å². The Morgan fingerprint density at radius 3 is 1.61 bits per heavy atom. The maximum Gasteiger partial charge on any atom is 0.257 e. The number of aryl methyl sites for hydroxylation is 2. The Kier molecular flexibility index (Phi) is 17.6. The maximum absolute atomic E-state index is 12.6. The van der Waals surface area contributed by atoms with Gasteiger partial charge in [0.2, 0.25) is 31.9 Å². The Morgan fingerprint density at radius 1 is 0.591 bits per heavy atom. The van der Waals surface area contributed by atoms with Crippen LogP contribution in [0, 0.1) is 13.8 Å². The lowest BCUT2D eigenvalue weighted by Gasteiger charge is -2.12. The van der Waals surface area contributed by atoms with Gasteiger partial charge in [0.25, 0.3) is 11.8 Å². The number of likely N-dealkylation sites (N-methyl/N-ethyl adjacent to an activating group) is 2. The van der Waals surface area contributed by atoms with Gasteiger partial charge in [-0.15, -0.1) is 0 Å². The second-order valence-electron chi connectivity index (χ2n) is 15.1. The van der Waals surface area contributed by atoms with Crippen LogP contribution in [0.1, 0.15) is 31.8 Å². The first-order chi connectivity index (χ1) is 31.3. The average molecular weight is 960 g/mol. The molecule has 0 aliphatic rings. The lowest BCUT2D eigenvalue weighted by Crippen LogP contribution is -2.31. The Balaban J connectivity index is 0.000000247. The summed E-state index contributed by atoms with van der Waals surface area (Å²) in [6, 6.07) is 22.3. The molecule has 0 aliphatic carbocycles. The highest BCUT2D eigenvalue weighted by Gasteiger charge is 2.17. The number of hydrogen-bond donors (Lipinski definition) is 7. The van der Waals surface area contributed by atoms with Crippen molar-refractivity contribution in [3.8, 4) is 5.75 Å². The molecule has 0 fully saturated rings. The minimum absolute atomic E-state index is 0.0801. The van der Waals surface area contributed by atoms with E-state index in [1.807, 2.05) is 70.0 Å². The first-order valence-corrected chi connectivity index (χ1v) is 23.5. The number of aromatic nitrogens is 4. The molecule has 348 valence electrons. The van der Waals surface area contributed by atoms with E-state index in [0.29, 0.717) is 54.5 Å². The summed E-state index contributed by atoms with van der Waals surface area (Å²) in [7, 11) is 0.253. The van der Waals surface area contributed by atoms with Crippen molar-refractivity contribution in [1.82, 2.24) is 39.2 Å². The summed E-state index contributed by atoms with van der Waals surface area (Å²) in [5, 5.41) is 21.1. The van der Waals surface area contributed by atoms with E-state index in [0.717, 1.165) is 11.1 Å². The molecule has 0 atom stereocenters. The first kappa shape index (κ1) is 50.4. The molecule has 66 heavy (non-hydrogen) atoms. The summed E-state index contributed by atoms with van der Waals surface area (Å²) in [6.45, 7) is 5.58. The fourth-order valence-corrected chi connectivity index (χ4v) is 8.15. The molecule has 0 aliphatic heterocycles. The highest BCUT2D eigenvalue weighted by atomic mass is 35.5. The molecule has 6 rings (SSSR count). The standard InChI is InChI=1S/C23H28N6O3S.C21H23ClN6O4S/c1-16-7-5-8-17(2)21(16)22(30)27-19-14-24-23(25-15-19)28-18-9-6-10-20(13-18)33(31,32)26-11-12-29(3)4;1-28(2)10-9-25-33(31,32)17-6-3-14(4-7-17)27-21-23-12-15(13-24-21)26-20(30)18-11-16(29)5-8-19(18)22/h5-10,13-15,26H,11-12H2,1-4H3,(H,27,30)(H,24,25,28);3-8,11-13,25,29H,9-10H2,1-2H3,(H,26,30)(H,23,24,27). The molecule has 0 spiro atoms. The number of amides is 2. The van der Waals surface area contributed by atoms with Crippen LogP contribution in [0.4, 0.5) is 34.6 Å². The van der Waals surface area contributed by atoms with Crippen molar-refractivity contribution in [2.45, 2.75) is 23.6 Å². The molecule has 4 aromatic carbocycles. The quantitative estimate of drug-likeness (QED) is 0.0554. The molecule has 2 amide bonds. The number of halogens is 1. The second-order valence-corrected chi connectivity index (χ2v) is 19.1. The average Bonchev–Trinajstić information content (AvgIpc) is 3.26. The summed E-state index contributed by atoms with van der Waals surface area (Å²) in [5.74, 6) is -0.299. The Labute approximate surface area is 389 Å². The van der Waals surface area contributed by atoms with E-state index in [9.17, 15) is 31.5 Å². The van der Waals surface area contributed by atoms with Crippen molar-refractivity contribution < 1.29 is 31.5 Å². The summed E-state index contributed by atoms with van der Waals surface area (Å²) < 4.78 is 54.8. The lowest BCUT2D eigenvalue weighted by molar-refractivity contribution is 0.101. The van der Waals surface area contributed by atoms with Crippen LogP contribution in [0.5, 0.6) is 5.75 Å². The zero-order valence-corrected chi connectivity index (χ0v) is 39.4. The molecular formula is C44H51ClN12O7S2. The van der Waals surface area contributed by atoms with Crippen molar-refractivity contribution in [3.63, 3.8) is 0 Å². The first-order valence-electron chi connectivity index (χ1n) is 20.1. The summed E-state index contributed by atoms with van der Waals surface area (Å²) >= 11 is 5.99. The monoisotopic (exact) mass is 958 g/mol. The van der Waals surface area contributed by atoms with E-state index in [1.165, 1.54) is 67.3 Å². The number of rotatable bonds is 18. The van der Waals surface area contributed by atoms with Gasteiger partial charge in [-0.05, 0) is 114 Å². The predicted molar refractivity (Wildman–Crippen MR) is 256 cm³/mol. The van der Waals surface area contributed by atoms with Crippen LogP contribution in [0.15, 0.2) is 120 Å². The van der Waals surface area contributed by atoms with Crippen LogP contribution in [0.2, 0.25) is 5.02 Å². The molecule has 0 saturated carbocycles. The van der Waals surface area contributed by atoms with Gasteiger partial charge in [-0.3, -0.25) is 9.59 Å². The van der Waals surface area contributed by atoms with E-state index in [4.69, 9.17) is 11.6 Å². The van der Waals surface area contributed by atoms with Crippen molar-refractivity contribution in [2.75, 3.05) is 75.6 Å². The number of phenols is 1. The molecule has 0 unspecified atom stereocenters. The zero-order valence-electron chi connectivity index (χ0n) is 37.0. The topological polar surface area (TPSA) is 253 Å². The lowest BCUT2D eigenvalue weighted by atomic mass is 10.0. The fraction of sp³-hybridized carbons (Fsp3) is 0.227. The van der Waals surface area contributed by atoms with Gasteiger partial charge in [0, 0.05) is 43.1 Å². The zero-order chi connectivity index (χ0) is 48.0. The molecule has 0 radical (unpaired) electrons. The number of anilines is 6. The van der Waals surface area contributed by atoms with Gasteiger partial charge in [-0.1, -0.05) is 35.9 Å². The van der Waals surface area contributed by atoms with E-state index >= 15 is 0 Å². The smallest absolute Gasteiger partial charge is 0.257 e. The SMILES string of the molecule is CN(C)CCNS(=O)(=O)c1ccc(Nc2ncc(NC(=O)c3cc(O)ccc3Cl)cn2)cc1.Cc1cccc(C)c1C(=O)Nc1cnc(Nc2cccc(S(=O)(=O)NCCN(C)C)c2)nc1. The largest absolute Gasteiger partial charge is 0.508 e. The molecule has 2 aromatic heterocycles. The number of nitrogens with zero attached hydrogens (tertiary/aromatic N) is 6. The number of hydrogen-bond acceptors (Lipinski definition) is 15. The van der Waals surface area contributed by atoms with Crippen LogP contribution in [0.25, 0.3) is 0 Å². The fourth-order valence-electron chi connectivity index (χ4n) is 5.86. The van der Waals surface area contributed by atoms with Gasteiger partial charge in [-0.2, -0.15) is 0 Å². The van der Waals surface area contributed by atoms with Gasteiger partial charge < -0.3 is 36.2 Å². The van der Waals surface area contributed by atoms with Gasteiger partial charge in [-0.25, -0.2) is 46.2 Å². The van der Waals surface area contributed by atoms with Crippen LogP contribution < -0.4 is 30.7 Å². The van der Waals surface area contributed by atoms with Gasteiger partial charge in [0.15, 0.2) is 0 Å². The van der Waals surface area contributed by atoms with Crippen molar-refractivity contribution in [1.29, 1.82) is 0 Å². The van der Waals surface area contributed by atoms with Gasteiger partial charge in [0.1, 0.15) is 5.75 Å². The predicted octanol–water partition coefficient (Wildman–Crippen LogP) is 5.60. The van der Waals surface area contributed by atoms with Crippen LogP contribution >= 0.6 is 11.6 Å². The number of sulfonamides is 2. The normalized spacial score (nSPS) is 11.4. The number of benzene rings is 4. The summed E-state index contributed by atoms with van der Waals surface area (Å²) in [4.78, 5) is 45.7. The van der Waals surface area contributed by atoms with Crippen molar-refractivity contribution >= 4 is 78.1 Å². The van der Waals surface area contributed by atoms with Crippen molar-refractivity contribution in [2.24, 2.45) is 0 Å². The molecule has 6 aromatic rings. The second kappa shape index (κ2) is 23.0.